The van der Waals surface area contributed by atoms with E-state index in [-0.39, 0.29) is 18.1 Å². The first-order valence-electron chi connectivity index (χ1n) is 9.74. The summed E-state index contributed by atoms with van der Waals surface area (Å²) in [6.45, 7) is 0.229. The molecule has 3 rings (SSSR count). The number of methoxy groups -OCH3 is 2. The van der Waals surface area contributed by atoms with E-state index in [1.807, 2.05) is 0 Å². The van der Waals surface area contributed by atoms with Crippen LogP contribution in [0.3, 0.4) is 0 Å². The number of benzene rings is 3. The quantitative estimate of drug-likeness (QED) is 0.307. The number of anilines is 1. The van der Waals surface area contributed by atoms with Crippen LogP contribution in [-0.4, -0.2) is 38.6 Å². The minimum Gasteiger partial charge on any atom is -0.502 e. The van der Waals surface area contributed by atoms with Crippen molar-refractivity contribution in [2.75, 3.05) is 18.9 Å². The summed E-state index contributed by atoms with van der Waals surface area (Å²) >= 11 is 0. The number of aromatic hydroxyl groups is 1. The van der Waals surface area contributed by atoms with Gasteiger partial charge in [-0.05, 0) is 54.1 Å². The number of ether oxygens (including phenoxy) is 2. The first-order chi connectivity index (χ1) is 16.1. The zero-order valence-corrected chi connectivity index (χ0v) is 19.0. The molecule has 0 atom stereocenters. The fourth-order valence-electron chi connectivity index (χ4n) is 3.00. The number of nitro groups is 1. The van der Waals surface area contributed by atoms with Crippen LogP contribution in [0, 0.1) is 10.1 Å². The molecule has 1 amide bonds. The smallest absolute Gasteiger partial charge is 0.312 e. The van der Waals surface area contributed by atoms with Crippen LogP contribution in [0.15, 0.2) is 65.6 Å². The van der Waals surface area contributed by atoms with Gasteiger partial charge in [0, 0.05) is 23.9 Å². The minimum absolute atomic E-state index is 0.146. The van der Waals surface area contributed by atoms with E-state index in [0.717, 1.165) is 23.8 Å². The first kappa shape index (κ1) is 24.3. The first-order valence-corrected chi connectivity index (χ1v) is 11.2. The average Bonchev–Trinajstić information content (AvgIpc) is 2.82. The standard InChI is InChI=1S/C22H21N3O8S/c1-32-20-10-3-14(11-21(20)33-2)13-23-22(27)15-4-6-16(7-5-15)24-34(30,31)17-8-9-19(26)18(12-17)25(28)29/h3-12,24,26H,13H2,1-2H3,(H,23,27). The van der Waals surface area contributed by atoms with E-state index in [2.05, 4.69) is 10.0 Å². The molecule has 0 saturated heterocycles. The number of sulfonamides is 1. The molecule has 178 valence electrons. The molecule has 34 heavy (non-hydrogen) atoms. The summed E-state index contributed by atoms with van der Waals surface area (Å²) in [7, 11) is -1.13. The number of nitrogens with one attached hydrogen (secondary N) is 2. The third kappa shape index (κ3) is 5.53. The molecule has 0 aliphatic carbocycles. The second kappa shape index (κ2) is 10.1. The second-order valence-corrected chi connectivity index (χ2v) is 8.64. The highest BCUT2D eigenvalue weighted by atomic mass is 32.2. The van der Waals surface area contributed by atoms with Gasteiger partial charge in [0.05, 0.1) is 24.0 Å². The number of hydrogen-bond acceptors (Lipinski definition) is 8. The Morgan fingerprint density at radius 1 is 1.00 bits per heavy atom. The zero-order chi connectivity index (χ0) is 24.9. The minimum atomic E-state index is -4.17. The Morgan fingerprint density at radius 2 is 1.68 bits per heavy atom. The molecule has 0 spiro atoms. The van der Waals surface area contributed by atoms with Gasteiger partial charge in [-0.15, -0.1) is 0 Å². The Morgan fingerprint density at radius 3 is 2.29 bits per heavy atom. The van der Waals surface area contributed by atoms with Gasteiger partial charge in [-0.2, -0.15) is 0 Å². The van der Waals surface area contributed by atoms with Crippen molar-refractivity contribution < 1.29 is 32.7 Å². The summed E-state index contributed by atoms with van der Waals surface area (Å²) in [6.07, 6.45) is 0. The summed E-state index contributed by atoms with van der Waals surface area (Å²) in [5, 5.41) is 23.2. The molecule has 0 aliphatic heterocycles. The Bertz CT molecular complexity index is 1320. The summed E-state index contributed by atoms with van der Waals surface area (Å²) < 4.78 is 37.8. The topological polar surface area (TPSA) is 157 Å². The van der Waals surface area contributed by atoms with E-state index in [0.29, 0.717) is 17.1 Å². The molecule has 0 heterocycles. The van der Waals surface area contributed by atoms with E-state index in [1.54, 1.807) is 18.2 Å². The number of nitro benzene ring substituents is 1. The van der Waals surface area contributed by atoms with Gasteiger partial charge >= 0.3 is 5.69 Å². The number of phenols is 1. The number of rotatable bonds is 9. The summed E-state index contributed by atoms with van der Waals surface area (Å²) in [6, 6.07) is 13.6. The van der Waals surface area contributed by atoms with Crippen LogP contribution in [-0.2, 0) is 16.6 Å². The third-order valence-corrected chi connectivity index (χ3v) is 6.13. The van der Waals surface area contributed by atoms with Gasteiger partial charge in [0.25, 0.3) is 15.9 Å². The molecule has 3 N–H and O–H groups in total. The van der Waals surface area contributed by atoms with Crippen LogP contribution in [0.25, 0.3) is 0 Å². The highest BCUT2D eigenvalue weighted by molar-refractivity contribution is 7.92. The van der Waals surface area contributed by atoms with Gasteiger partial charge in [0.2, 0.25) is 0 Å². The molecule has 0 unspecified atom stereocenters. The highest BCUT2D eigenvalue weighted by Gasteiger charge is 2.21. The zero-order valence-electron chi connectivity index (χ0n) is 18.1. The lowest BCUT2D eigenvalue weighted by molar-refractivity contribution is -0.386. The molecular weight excluding hydrogens is 466 g/mol. The molecule has 0 radical (unpaired) electrons. The highest BCUT2D eigenvalue weighted by Crippen LogP contribution is 2.29. The summed E-state index contributed by atoms with van der Waals surface area (Å²) in [4.78, 5) is 22.1. The molecule has 0 fully saturated rings. The van der Waals surface area contributed by atoms with Crippen molar-refractivity contribution in [1.82, 2.24) is 5.32 Å². The largest absolute Gasteiger partial charge is 0.502 e. The molecule has 3 aromatic carbocycles. The van der Waals surface area contributed by atoms with E-state index < -0.39 is 31.3 Å². The lowest BCUT2D eigenvalue weighted by Gasteiger charge is -2.11. The van der Waals surface area contributed by atoms with Crippen molar-refractivity contribution in [3.63, 3.8) is 0 Å². The summed E-state index contributed by atoms with van der Waals surface area (Å²) in [5.41, 5.74) is 0.499. The molecule has 0 bridgehead atoms. The van der Waals surface area contributed by atoms with Gasteiger partial charge in [-0.25, -0.2) is 8.42 Å². The van der Waals surface area contributed by atoms with Crippen molar-refractivity contribution in [2.45, 2.75) is 11.4 Å². The van der Waals surface area contributed by atoms with Gasteiger partial charge in [0.1, 0.15) is 0 Å². The van der Waals surface area contributed by atoms with Crippen LogP contribution < -0.4 is 19.5 Å². The fraction of sp³-hybridized carbons (Fsp3) is 0.136. The Kier molecular flexibility index (Phi) is 7.21. The predicted molar refractivity (Wildman–Crippen MR) is 123 cm³/mol. The van der Waals surface area contributed by atoms with Crippen LogP contribution >= 0.6 is 0 Å². The molecule has 3 aromatic rings. The van der Waals surface area contributed by atoms with E-state index in [9.17, 15) is 28.4 Å². The number of carbonyl (C=O) groups is 1. The molecule has 0 aliphatic rings. The Balaban J connectivity index is 1.67. The van der Waals surface area contributed by atoms with Crippen LogP contribution in [0.5, 0.6) is 17.2 Å². The lowest BCUT2D eigenvalue weighted by Crippen LogP contribution is -2.22. The molecule has 0 aromatic heterocycles. The van der Waals surface area contributed by atoms with Gasteiger partial charge in [0.15, 0.2) is 17.2 Å². The average molecular weight is 487 g/mol. The maximum absolute atomic E-state index is 12.6. The maximum atomic E-state index is 12.6. The van der Waals surface area contributed by atoms with Crippen LogP contribution in [0.4, 0.5) is 11.4 Å². The molecular formula is C22H21N3O8S. The van der Waals surface area contributed by atoms with Crippen LogP contribution in [0.1, 0.15) is 15.9 Å². The number of phenolic OH excluding ortho intramolecular Hbond substituents is 1. The van der Waals surface area contributed by atoms with Gasteiger partial charge < -0.3 is 19.9 Å². The normalized spacial score (nSPS) is 10.9. The Labute approximate surface area is 195 Å². The van der Waals surface area contributed by atoms with E-state index >= 15 is 0 Å². The van der Waals surface area contributed by atoms with E-state index in [1.165, 1.54) is 38.5 Å². The van der Waals surface area contributed by atoms with Crippen LogP contribution in [0.2, 0.25) is 0 Å². The molecule has 12 heteroatoms. The SMILES string of the molecule is COc1ccc(CNC(=O)c2ccc(NS(=O)(=O)c3ccc(O)c([N+](=O)[O-])c3)cc2)cc1OC. The lowest BCUT2D eigenvalue weighted by atomic mass is 10.1. The van der Waals surface area contributed by atoms with Crippen molar-refractivity contribution in [1.29, 1.82) is 0 Å². The predicted octanol–water partition coefficient (Wildman–Crippen LogP) is 3.05. The maximum Gasteiger partial charge on any atom is 0.312 e. The van der Waals surface area contributed by atoms with Crippen molar-refractivity contribution in [3.05, 3.63) is 81.9 Å². The molecule has 11 nitrogen and oxygen atoms in total. The Hall–Kier alpha value is -4.32. The second-order valence-electron chi connectivity index (χ2n) is 6.96. The number of amides is 1. The number of carbonyl (C=O) groups excluding carboxylic acids is 1. The fourth-order valence-corrected chi connectivity index (χ4v) is 4.07. The molecule has 0 saturated carbocycles. The van der Waals surface area contributed by atoms with Crippen molar-refractivity contribution >= 4 is 27.3 Å². The van der Waals surface area contributed by atoms with Gasteiger partial charge in [-0.1, -0.05) is 6.07 Å². The number of nitrogens with zero attached hydrogens (tertiary/aromatic N) is 1. The van der Waals surface area contributed by atoms with Crippen molar-refractivity contribution in [3.8, 4) is 17.2 Å². The number of hydrogen-bond donors (Lipinski definition) is 3. The third-order valence-electron chi connectivity index (χ3n) is 4.75. The van der Waals surface area contributed by atoms with Gasteiger partial charge in [-0.3, -0.25) is 19.6 Å². The summed E-state index contributed by atoms with van der Waals surface area (Å²) in [5.74, 6) is 0.0770. The monoisotopic (exact) mass is 487 g/mol. The van der Waals surface area contributed by atoms with Crippen molar-refractivity contribution in [2.24, 2.45) is 0 Å². The van der Waals surface area contributed by atoms with E-state index in [4.69, 9.17) is 9.47 Å².